The Bertz CT molecular complexity index is 851. The van der Waals surface area contributed by atoms with Crippen molar-refractivity contribution >= 4 is 18.1 Å². The molecule has 2 N–H and O–H groups in total. The normalized spacial score (nSPS) is 20.0. The molecule has 1 aromatic carbocycles. The number of morpholine rings is 1. The summed E-state index contributed by atoms with van der Waals surface area (Å²) < 4.78 is 8.05. The Labute approximate surface area is 177 Å². The van der Waals surface area contributed by atoms with Crippen LogP contribution in [0.25, 0.3) is 0 Å². The minimum absolute atomic E-state index is 0.0692. The van der Waals surface area contributed by atoms with Crippen LogP contribution in [0.5, 0.6) is 0 Å². The van der Waals surface area contributed by atoms with Gasteiger partial charge in [0.2, 0.25) is 5.91 Å². The Balaban J connectivity index is 1.49. The van der Waals surface area contributed by atoms with Crippen LogP contribution in [-0.4, -0.2) is 50.9 Å². The fourth-order valence-corrected chi connectivity index (χ4v) is 3.98. The van der Waals surface area contributed by atoms with Crippen LogP contribution in [0, 0.1) is 4.77 Å². The van der Waals surface area contributed by atoms with E-state index in [1.165, 1.54) is 5.56 Å². The van der Waals surface area contributed by atoms with Crippen LogP contribution in [0.4, 0.5) is 0 Å². The fourth-order valence-electron chi connectivity index (χ4n) is 3.76. The van der Waals surface area contributed by atoms with Crippen molar-refractivity contribution in [2.45, 2.75) is 65.5 Å². The Morgan fingerprint density at radius 2 is 1.90 bits per heavy atom. The van der Waals surface area contributed by atoms with Crippen LogP contribution in [-0.2, 0) is 35.6 Å². The number of H-pyrrole nitrogens is 1. The predicted molar refractivity (Wildman–Crippen MR) is 115 cm³/mol. The van der Waals surface area contributed by atoms with E-state index in [4.69, 9.17) is 17.0 Å². The summed E-state index contributed by atoms with van der Waals surface area (Å²) >= 11 is 5.23. The average Bonchev–Trinajstić information content (AvgIpc) is 3.00. The fraction of sp³-hybridized carbons (Fsp3) is 0.571. The summed E-state index contributed by atoms with van der Waals surface area (Å²) in [5.74, 6) is 0.754. The molecule has 2 heterocycles. The maximum atomic E-state index is 12.3. The lowest BCUT2D eigenvalue weighted by Crippen LogP contribution is -2.44. The second-order valence-corrected chi connectivity index (χ2v) is 8.21. The lowest BCUT2D eigenvalue weighted by Gasteiger charge is -2.35. The SMILES string of the molecule is CCCc1n[nH]c(=S)n1CC(=O)NCc1ccc(CN2C[C@@H](C)O[C@@H](C)C2)cc1. The Morgan fingerprint density at radius 1 is 1.24 bits per heavy atom. The van der Waals surface area contributed by atoms with E-state index in [1.54, 1.807) is 4.57 Å². The number of ether oxygens (including phenoxy) is 1. The highest BCUT2D eigenvalue weighted by atomic mass is 32.1. The van der Waals surface area contributed by atoms with E-state index >= 15 is 0 Å². The number of nitrogens with one attached hydrogen (secondary N) is 2. The van der Waals surface area contributed by atoms with Crippen molar-refractivity contribution in [3.63, 3.8) is 0 Å². The molecule has 0 spiro atoms. The van der Waals surface area contributed by atoms with Crippen LogP contribution < -0.4 is 5.32 Å². The number of hydrogen-bond donors (Lipinski definition) is 2. The number of carbonyl (C=O) groups excluding carboxylic acids is 1. The van der Waals surface area contributed by atoms with Crippen LogP contribution in [0.15, 0.2) is 24.3 Å². The van der Waals surface area contributed by atoms with Crippen molar-refractivity contribution in [3.05, 3.63) is 46.0 Å². The molecule has 8 heteroatoms. The molecule has 0 aliphatic carbocycles. The highest BCUT2D eigenvalue weighted by Gasteiger charge is 2.21. The molecule has 1 aliphatic heterocycles. The number of aryl methyl sites for hydroxylation is 1. The lowest BCUT2D eigenvalue weighted by atomic mass is 10.1. The van der Waals surface area contributed by atoms with Gasteiger partial charge in [0.25, 0.3) is 0 Å². The molecule has 0 unspecified atom stereocenters. The Hall–Kier alpha value is -2.03. The van der Waals surface area contributed by atoms with Gasteiger partial charge in [-0.15, -0.1) is 0 Å². The van der Waals surface area contributed by atoms with Crippen molar-refractivity contribution in [1.82, 2.24) is 25.0 Å². The molecule has 0 saturated carbocycles. The number of aromatic amines is 1. The van der Waals surface area contributed by atoms with E-state index in [0.717, 1.165) is 43.9 Å². The van der Waals surface area contributed by atoms with Gasteiger partial charge in [0.1, 0.15) is 12.4 Å². The summed E-state index contributed by atoms with van der Waals surface area (Å²) in [5.41, 5.74) is 2.35. The third-order valence-corrected chi connectivity index (χ3v) is 5.34. The van der Waals surface area contributed by atoms with Crippen molar-refractivity contribution in [2.75, 3.05) is 13.1 Å². The molecule has 1 fully saturated rings. The number of aromatic nitrogens is 3. The maximum absolute atomic E-state index is 12.3. The minimum Gasteiger partial charge on any atom is -0.373 e. The van der Waals surface area contributed by atoms with Gasteiger partial charge in [-0.25, -0.2) is 0 Å². The van der Waals surface area contributed by atoms with Crippen molar-refractivity contribution < 1.29 is 9.53 Å². The topological polar surface area (TPSA) is 75.2 Å². The van der Waals surface area contributed by atoms with Crippen LogP contribution in [0.1, 0.15) is 44.1 Å². The largest absolute Gasteiger partial charge is 0.373 e. The van der Waals surface area contributed by atoms with E-state index < -0.39 is 0 Å². The molecule has 1 amide bonds. The van der Waals surface area contributed by atoms with E-state index in [1.807, 2.05) is 0 Å². The molecule has 3 rings (SSSR count). The van der Waals surface area contributed by atoms with Gasteiger partial charge in [0.15, 0.2) is 4.77 Å². The number of carbonyl (C=O) groups is 1. The molecule has 158 valence electrons. The number of hydrogen-bond acceptors (Lipinski definition) is 5. The Morgan fingerprint density at radius 3 is 2.55 bits per heavy atom. The maximum Gasteiger partial charge on any atom is 0.240 e. The van der Waals surface area contributed by atoms with E-state index in [0.29, 0.717) is 11.3 Å². The Kier molecular flexibility index (Phi) is 7.57. The summed E-state index contributed by atoms with van der Waals surface area (Å²) in [6.45, 7) is 9.84. The summed E-state index contributed by atoms with van der Waals surface area (Å²) in [5, 5.41) is 9.94. The van der Waals surface area contributed by atoms with Crippen LogP contribution in [0.2, 0.25) is 0 Å². The molecule has 2 aromatic rings. The van der Waals surface area contributed by atoms with Crippen molar-refractivity contribution in [1.29, 1.82) is 0 Å². The van der Waals surface area contributed by atoms with Crippen molar-refractivity contribution in [2.24, 2.45) is 0 Å². The molecule has 7 nitrogen and oxygen atoms in total. The molecule has 0 bridgehead atoms. The zero-order valence-electron chi connectivity index (χ0n) is 17.5. The highest BCUT2D eigenvalue weighted by Crippen LogP contribution is 2.15. The van der Waals surface area contributed by atoms with Gasteiger partial charge in [-0.1, -0.05) is 31.2 Å². The first kappa shape index (κ1) is 21.7. The standard InChI is InChI=1S/C21H31N5O2S/c1-4-5-19-23-24-21(29)26(19)14-20(27)22-10-17-6-8-18(9-7-17)13-25-11-15(2)28-16(3)12-25/h6-9,15-16H,4-5,10-14H2,1-3H3,(H,22,27)(H,24,29)/t15-,16+. The first-order valence-corrected chi connectivity index (χ1v) is 10.7. The van der Waals surface area contributed by atoms with E-state index in [-0.39, 0.29) is 24.7 Å². The first-order valence-electron chi connectivity index (χ1n) is 10.3. The van der Waals surface area contributed by atoms with Crippen LogP contribution in [0.3, 0.4) is 0 Å². The molecule has 1 saturated heterocycles. The second kappa shape index (κ2) is 10.1. The molecular formula is C21H31N5O2S. The van der Waals surface area contributed by atoms with Gasteiger partial charge in [-0.3, -0.25) is 19.4 Å². The summed E-state index contributed by atoms with van der Waals surface area (Å²) in [4.78, 5) is 14.8. The molecule has 29 heavy (non-hydrogen) atoms. The summed E-state index contributed by atoms with van der Waals surface area (Å²) in [6, 6.07) is 8.43. The summed E-state index contributed by atoms with van der Waals surface area (Å²) in [6.07, 6.45) is 2.29. The predicted octanol–water partition coefficient (Wildman–Crippen LogP) is 2.82. The zero-order chi connectivity index (χ0) is 20.8. The molecule has 2 atom stereocenters. The van der Waals surface area contributed by atoms with E-state index in [2.05, 4.69) is 65.5 Å². The van der Waals surface area contributed by atoms with Gasteiger partial charge in [-0.05, 0) is 43.6 Å². The average molecular weight is 418 g/mol. The monoisotopic (exact) mass is 417 g/mol. The van der Waals surface area contributed by atoms with Gasteiger partial charge < -0.3 is 10.1 Å². The molecule has 1 aromatic heterocycles. The zero-order valence-corrected chi connectivity index (χ0v) is 18.3. The highest BCUT2D eigenvalue weighted by molar-refractivity contribution is 7.71. The lowest BCUT2D eigenvalue weighted by molar-refractivity contribution is -0.121. The molecule has 0 radical (unpaired) electrons. The number of rotatable bonds is 8. The third kappa shape index (κ3) is 6.22. The number of benzene rings is 1. The number of nitrogens with zero attached hydrogens (tertiary/aromatic N) is 3. The van der Waals surface area contributed by atoms with Gasteiger partial charge in [0, 0.05) is 32.6 Å². The quantitative estimate of drug-likeness (QED) is 0.646. The van der Waals surface area contributed by atoms with Crippen LogP contribution >= 0.6 is 12.2 Å². The number of amides is 1. The smallest absolute Gasteiger partial charge is 0.240 e. The second-order valence-electron chi connectivity index (χ2n) is 7.83. The van der Waals surface area contributed by atoms with Gasteiger partial charge in [-0.2, -0.15) is 5.10 Å². The summed E-state index contributed by atoms with van der Waals surface area (Å²) in [7, 11) is 0. The van der Waals surface area contributed by atoms with Crippen molar-refractivity contribution in [3.8, 4) is 0 Å². The van der Waals surface area contributed by atoms with Gasteiger partial charge in [0.05, 0.1) is 12.2 Å². The minimum atomic E-state index is -0.0692. The van der Waals surface area contributed by atoms with Gasteiger partial charge >= 0.3 is 0 Å². The molecule has 1 aliphatic rings. The first-order chi connectivity index (χ1) is 13.9. The molecular weight excluding hydrogens is 386 g/mol. The third-order valence-electron chi connectivity index (χ3n) is 5.03. The van der Waals surface area contributed by atoms with E-state index in [9.17, 15) is 4.79 Å².